The molecule has 0 aliphatic carbocycles. The summed E-state index contributed by atoms with van der Waals surface area (Å²) in [6.45, 7) is 3.85. The minimum Gasteiger partial charge on any atom is -0.465 e. The number of amides is 1. The fraction of sp³-hybridized carbons (Fsp3) is 0.318. The zero-order chi connectivity index (χ0) is 21.5. The number of nitrogens with zero attached hydrogens (tertiary/aromatic N) is 1. The molecule has 0 unspecified atom stereocenters. The van der Waals surface area contributed by atoms with Gasteiger partial charge in [-0.2, -0.15) is 0 Å². The van der Waals surface area contributed by atoms with Crippen LogP contribution in [0.3, 0.4) is 0 Å². The molecule has 1 fully saturated rings. The lowest BCUT2D eigenvalue weighted by atomic mass is 10.1. The standard InChI is InChI=1S/C22H24N2O6/c1-28-21(26)17-11-18(22(27)29-2)13-19(12-17)23-20(25)16-5-3-4-15(10-16)14-24-6-8-30-9-7-24/h3-5,10-13H,6-9,14H2,1-2H3,(H,23,25). The summed E-state index contributed by atoms with van der Waals surface area (Å²) in [7, 11) is 2.48. The number of morpholine rings is 1. The van der Waals surface area contributed by atoms with Gasteiger partial charge in [-0.3, -0.25) is 9.69 Å². The number of carbonyl (C=O) groups excluding carboxylic acids is 3. The molecule has 30 heavy (non-hydrogen) atoms. The van der Waals surface area contributed by atoms with Gasteiger partial charge >= 0.3 is 11.9 Å². The van der Waals surface area contributed by atoms with E-state index in [0.29, 0.717) is 24.5 Å². The normalized spacial score (nSPS) is 14.1. The molecular weight excluding hydrogens is 388 g/mol. The van der Waals surface area contributed by atoms with Crippen molar-refractivity contribution in [2.75, 3.05) is 45.8 Å². The minimum absolute atomic E-state index is 0.136. The monoisotopic (exact) mass is 412 g/mol. The molecule has 0 aromatic heterocycles. The number of hydrogen-bond acceptors (Lipinski definition) is 7. The molecule has 1 amide bonds. The molecule has 1 aliphatic heterocycles. The molecule has 8 nitrogen and oxygen atoms in total. The maximum atomic E-state index is 12.8. The van der Waals surface area contributed by atoms with Crippen LogP contribution < -0.4 is 5.32 Å². The molecule has 0 bridgehead atoms. The van der Waals surface area contributed by atoms with E-state index in [-0.39, 0.29) is 17.0 Å². The van der Waals surface area contributed by atoms with E-state index in [1.54, 1.807) is 6.07 Å². The van der Waals surface area contributed by atoms with Crippen molar-refractivity contribution in [2.45, 2.75) is 6.54 Å². The molecular formula is C22H24N2O6. The number of nitrogens with one attached hydrogen (secondary N) is 1. The highest BCUT2D eigenvalue weighted by Gasteiger charge is 2.16. The van der Waals surface area contributed by atoms with Crippen LogP contribution in [-0.4, -0.2) is 63.3 Å². The van der Waals surface area contributed by atoms with Gasteiger partial charge < -0.3 is 19.5 Å². The van der Waals surface area contributed by atoms with Crippen LogP contribution >= 0.6 is 0 Å². The summed E-state index contributed by atoms with van der Waals surface area (Å²) in [5.74, 6) is -1.59. The average Bonchev–Trinajstić information content (AvgIpc) is 2.78. The molecule has 0 spiro atoms. The second-order valence-electron chi connectivity index (χ2n) is 6.83. The van der Waals surface area contributed by atoms with Gasteiger partial charge in [0.2, 0.25) is 0 Å². The summed E-state index contributed by atoms with van der Waals surface area (Å²) in [5.41, 5.74) is 2.06. The quantitative estimate of drug-likeness (QED) is 0.728. The fourth-order valence-electron chi connectivity index (χ4n) is 3.20. The third-order valence-electron chi connectivity index (χ3n) is 4.73. The number of rotatable bonds is 6. The number of ether oxygens (including phenoxy) is 3. The van der Waals surface area contributed by atoms with Crippen LogP contribution in [0.25, 0.3) is 0 Å². The van der Waals surface area contributed by atoms with Gasteiger partial charge in [-0.15, -0.1) is 0 Å². The van der Waals surface area contributed by atoms with Gasteiger partial charge in [0.25, 0.3) is 5.91 Å². The zero-order valence-corrected chi connectivity index (χ0v) is 17.0. The first-order valence-corrected chi connectivity index (χ1v) is 9.52. The van der Waals surface area contributed by atoms with E-state index in [2.05, 4.69) is 10.2 Å². The molecule has 2 aromatic carbocycles. The average molecular weight is 412 g/mol. The number of benzene rings is 2. The van der Waals surface area contributed by atoms with Crippen LogP contribution in [0.4, 0.5) is 5.69 Å². The van der Waals surface area contributed by atoms with Crippen molar-refractivity contribution < 1.29 is 28.6 Å². The van der Waals surface area contributed by atoms with E-state index in [1.165, 1.54) is 32.4 Å². The molecule has 1 saturated heterocycles. The van der Waals surface area contributed by atoms with Crippen LogP contribution in [-0.2, 0) is 20.8 Å². The van der Waals surface area contributed by atoms with E-state index >= 15 is 0 Å². The Labute approximate surface area is 174 Å². The largest absolute Gasteiger partial charge is 0.465 e. The Balaban J connectivity index is 1.78. The van der Waals surface area contributed by atoms with Gasteiger partial charge in [0.1, 0.15) is 0 Å². The Hall–Kier alpha value is -3.23. The Kier molecular flexibility index (Phi) is 7.16. The van der Waals surface area contributed by atoms with Gasteiger partial charge in [-0.05, 0) is 35.9 Å². The zero-order valence-electron chi connectivity index (χ0n) is 17.0. The van der Waals surface area contributed by atoms with Crippen molar-refractivity contribution >= 4 is 23.5 Å². The SMILES string of the molecule is COC(=O)c1cc(NC(=O)c2cccc(CN3CCOCC3)c2)cc(C(=O)OC)c1. The third-order valence-corrected chi connectivity index (χ3v) is 4.73. The minimum atomic E-state index is -0.622. The van der Waals surface area contributed by atoms with E-state index < -0.39 is 11.9 Å². The van der Waals surface area contributed by atoms with Crippen LogP contribution in [0.5, 0.6) is 0 Å². The summed E-state index contributed by atoms with van der Waals surface area (Å²) in [6, 6.07) is 11.6. The molecule has 3 rings (SSSR count). The van der Waals surface area contributed by atoms with E-state index in [9.17, 15) is 14.4 Å². The molecule has 1 heterocycles. The number of methoxy groups -OCH3 is 2. The summed E-state index contributed by atoms with van der Waals surface area (Å²) in [4.78, 5) is 38.9. The van der Waals surface area contributed by atoms with E-state index in [1.807, 2.05) is 18.2 Å². The number of carbonyl (C=O) groups is 3. The van der Waals surface area contributed by atoms with Gasteiger partial charge in [-0.1, -0.05) is 12.1 Å². The maximum absolute atomic E-state index is 12.8. The van der Waals surface area contributed by atoms with Gasteiger partial charge in [0, 0.05) is 30.9 Å². The summed E-state index contributed by atoms with van der Waals surface area (Å²) in [6.07, 6.45) is 0. The van der Waals surface area contributed by atoms with Crippen LogP contribution in [0.15, 0.2) is 42.5 Å². The third kappa shape index (κ3) is 5.43. The number of hydrogen-bond donors (Lipinski definition) is 1. The van der Waals surface area contributed by atoms with Crippen molar-refractivity contribution in [3.05, 3.63) is 64.7 Å². The topological polar surface area (TPSA) is 94.2 Å². The van der Waals surface area contributed by atoms with Gasteiger partial charge in [0.15, 0.2) is 0 Å². The summed E-state index contributed by atoms with van der Waals surface area (Å²) >= 11 is 0. The smallest absolute Gasteiger partial charge is 0.337 e. The van der Waals surface area contributed by atoms with E-state index in [4.69, 9.17) is 14.2 Å². The van der Waals surface area contributed by atoms with E-state index in [0.717, 1.165) is 25.2 Å². The van der Waals surface area contributed by atoms with Crippen LogP contribution in [0, 0.1) is 0 Å². The lowest BCUT2D eigenvalue weighted by Crippen LogP contribution is -2.35. The highest BCUT2D eigenvalue weighted by atomic mass is 16.5. The predicted molar refractivity (Wildman–Crippen MR) is 110 cm³/mol. The van der Waals surface area contributed by atoms with Crippen molar-refractivity contribution in [2.24, 2.45) is 0 Å². The Morgan fingerprint density at radius 2 is 1.57 bits per heavy atom. The van der Waals surface area contributed by atoms with Gasteiger partial charge in [-0.25, -0.2) is 9.59 Å². The summed E-state index contributed by atoms with van der Waals surface area (Å²) in [5, 5.41) is 2.74. The second kappa shape index (κ2) is 10.00. The molecule has 0 saturated carbocycles. The Morgan fingerprint density at radius 1 is 0.933 bits per heavy atom. The maximum Gasteiger partial charge on any atom is 0.337 e. The number of anilines is 1. The fourth-order valence-corrected chi connectivity index (χ4v) is 3.20. The van der Waals surface area contributed by atoms with Crippen molar-refractivity contribution in [1.82, 2.24) is 4.90 Å². The predicted octanol–water partition coefficient (Wildman–Crippen LogP) is 2.34. The molecule has 0 atom stereocenters. The first kappa shape index (κ1) is 21.5. The molecule has 158 valence electrons. The van der Waals surface area contributed by atoms with Gasteiger partial charge in [0.05, 0.1) is 38.6 Å². The Bertz CT molecular complexity index is 903. The molecule has 2 aromatic rings. The first-order valence-electron chi connectivity index (χ1n) is 9.52. The van der Waals surface area contributed by atoms with Crippen molar-refractivity contribution in [1.29, 1.82) is 0 Å². The van der Waals surface area contributed by atoms with Crippen LogP contribution in [0.2, 0.25) is 0 Å². The lowest BCUT2D eigenvalue weighted by molar-refractivity contribution is 0.0342. The van der Waals surface area contributed by atoms with Crippen LogP contribution in [0.1, 0.15) is 36.6 Å². The highest BCUT2D eigenvalue weighted by Crippen LogP contribution is 2.19. The second-order valence-corrected chi connectivity index (χ2v) is 6.83. The summed E-state index contributed by atoms with van der Waals surface area (Å²) < 4.78 is 14.8. The molecule has 0 radical (unpaired) electrons. The Morgan fingerprint density at radius 3 is 2.17 bits per heavy atom. The molecule has 1 aliphatic rings. The van der Waals surface area contributed by atoms with Crippen molar-refractivity contribution in [3.8, 4) is 0 Å². The first-order chi connectivity index (χ1) is 14.5. The number of esters is 2. The highest BCUT2D eigenvalue weighted by molar-refractivity contribution is 6.06. The molecule has 1 N–H and O–H groups in total. The molecule has 8 heteroatoms. The van der Waals surface area contributed by atoms with Crippen molar-refractivity contribution in [3.63, 3.8) is 0 Å². The lowest BCUT2D eigenvalue weighted by Gasteiger charge is -2.26.